The van der Waals surface area contributed by atoms with Crippen LogP contribution >= 0.6 is 0 Å². The van der Waals surface area contributed by atoms with Crippen molar-refractivity contribution < 1.29 is 14.3 Å². The number of fused-ring (bicyclic) bond motifs is 1. The molecular weight excluding hydrogens is 425 g/mol. The second-order valence-electron chi connectivity index (χ2n) is 7.94. The van der Waals surface area contributed by atoms with E-state index in [0.29, 0.717) is 28.7 Å². The van der Waals surface area contributed by atoms with Crippen molar-refractivity contribution in [2.75, 3.05) is 18.5 Å². The minimum Gasteiger partial charge on any atom is -0.394 e. The standard InChI is InChI=1S/C24H24FN5O3/c25-17-6-9-21-16(11-17)12-20(23(32)28-21)22(29-26)13-27-18-7-4-15(5-8-18)24(33)30-10-2-1-3-19(30)14-31/h4-9,11-13,19,26-27,31H,1-3,10,14H2,(H,28,32)/b22-13-,29-26?. The van der Waals surface area contributed by atoms with Crippen LogP contribution in [0.4, 0.5) is 10.1 Å². The monoisotopic (exact) mass is 449 g/mol. The lowest BCUT2D eigenvalue weighted by Crippen LogP contribution is -2.45. The van der Waals surface area contributed by atoms with Gasteiger partial charge in [-0.05, 0) is 67.8 Å². The number of nitrogens with one attached hydrogen (secondary N) is 3. The molecule has 1 aliphatic rings. The molecule has 1 aromatic heterocycles. The van der Waals surface area contributed by atoms with Crippen molar-refractivity contribution >= 4 is 28.2 Å². The first-order chi connectivity index (χ1) is 16.0. The van der Waals surface area contributed by atoms with E-state index in [-0.39, 0.29) is 29.8 Å². The maximum Gasteiger partial charge on any atom is 0.258 e. The molecule has 0 aliphatic carbocycles. The normalized spacial score (nSPS) is 16.6. The molecule has 0 radical (unpaired) electrons. The van der Waals surface area contributed by atoms with E-state index in [1.807, 2.05) is 0 Å². The van der Waals surface area contributed by atoms with Crippen LogP contribution in [0.5, 0.6) is 0 Å². The summed E-state index contributed by atoms with van der Waals surface area (Å²) in [6.45, 7) is 0.585. The van der Waals surface area contributed by atoms with Gasteiger partial charge in [0.1, 0.15) is 11.5 Å². The van der Waals surface area contributed by atoms with E-state index < -0.39 is 11.4 Å². The number of H-pyrrole nitrogens is 1. The summed E-state index contributed by atoms with van der Waals surface area (Å²) in [5.74, 6) is -0.552. The third-order valence-corrected chi connectivity index (χ3v) is 5.81. The summed E-state index contributed by atoms with van der Waals surface area (Å²) in [5, 5.41) is 16.5. The Balaban J connectivity index is 1.53. The Morgan fingerprint density at radius 3 is 2.76 bits per heavy atom. The number of nitrogens with zero attached hydrogens (tertiary/aromatic N) is 2. The number of anilines is 1. The Hall–Kier alpha value is -3.85. The number of carbonyl (C=O) groups is 1. The Labute approximate surface area is 189 Å². The van der Waals surface area contributed by atoms with Crippen molar-refractivity contribution in [1.29, 1.82) is 5.53 Å². The van der Waals surface area contributed by atoms with Crippen molar-refractivity contribution in [2.24, 2.45) is 5.11 Å². The predicted octanol–water partition coefficient (Wildman–Crippen LogP) is 4.10. The quantitative estimate of drug-likeness (QED) is 0.423. The number of likely N-dealkylation sites (tertiary alicyclic amines) is 1. The molecule has 1 aliphatic heterocycles. The highest BCUT2D eigenvalue weighted by Crippen LogP contribution is 2.22. The van der Waals surface area contributed by atoms with Gasteiger partial charge in [-0.25, -0.2) is 9.92 Å². The zero-order chi connectivity index (χ0) is 23.4. The van der Waals surface area contributed by atoms with Gasteiger partial charge in [0.15, 0.2) is 0 Å². The number of amides is 1. The van der Waals surface area contributed by atoms with Crippen LogP contribution in [-0.2, 0) is 0 Å². The fourth-order valence-corrected chi connectivity index (χ4v) is 4.02. The average Bonchev–Trinajstić information content (AvgIpc) is 2.84. The highest BCUT2D eigenvalue weighted by molar-refractivity contribution is 5.95. The van der Waals surface area contributed by atoms with Gasteiger partial charge in [-0.1, -0.05) is 0 Å². The third kappa shape index (κ3) is 4.83. The second-order valence-corrected chi connectivity index (χ2v) is 7.94. The SMILES string of the molecule is N=N/C(=C\Nc1ccc(C(=O)N2CCCCC2CO)cc1)c1cc2cc(F)ccc2[nH]c1=O. The number of benzene rings is 2. The fourth-order valence-electron chi connectivity index (χ4n) is 4.02. The summed E-state index contributed by atoms with van der Waals surface area (Å²) in [7, 11) is 0. The van der Waals surface area contributed by atoms with E-state index in [0.717, 1.165) is 19.3 Å². The van der Waals surface area contributed by atoms with Gasteiger partial charge >= 0.3 is 0 Å². The van der Waals surface area contributed by atoms with E-state index in [1.165, 1.54) is 30.5 Å². The molecule has 2 heterocycles. The van der Waals surface area contributed by atoms with E-state index in [1.54, 1.807) is 29.2 Å². The van der Waals surface area contributed by atoms with Crippen LogP contribution in [-0.4, -0.2) is 40.1 Å². The number of aliphatic hydroxyl groups excluding tert-OH is 1. The summed E-state index contributed by atoms with van der Waals surface area (Å²) >= 11 is 0. The zero-order valence-corrected chi connectivity index (χ0v) is 17.8. The number of rotatable bonds is 6. The Morgan fingerprint density at radius 1 is 1.24 bits per heavy atom. The number of piperidine rings is 1. The lowest BCUT2D eigenvalue weighted by Gasteiger charge is -2.34. The third-order valence-electron chi connectivity index (χ3n) is 5.81. The molecule has 4 N–H and O–H groups in total. The Bertz CT molecular complexity index is 1270. The van der Waals surface area contributed by atoms with Gasteiger partial charge < -0.3 is 20.3 Å². The number of aromatic nitrogens is 1. The van der Waals surface area contributed by atoms with Crippen molar-refractivity contribution in [3.63, 3.8) is 0 Å². The predicted molar refractivity (Wildman–Crippen MR) is 123 cm³/mol. The zero-order valence-electron chi connectivity index (χ0n) is 17.8. The highest BCUT2D eigenvalue weighted by Gasteiger charge is 2.26. The number of hydrogen-bond acceptors (Lipinski definition) is 6. The van der Waals surface area contributed by atoms with Gasteiger partial charge in [-0.15, -0.1) is 0 Å². The fraction of sp³-hybridized carbons (Fsp3) is 0.250. The molecule has 8 nitrogen and oxygen atoms in total. The average molecular weight is 449 g/mol. The number of aromatic amines is 1. The van der Waals surface area contributed by atoms with Gasteiger partial charge in [0.05, 0.1) is 18.2 Å². The summed E-state index contributed by atoms with van der Waals surface area (Å²) in [4.78, 5) is 29.6. The number of halogens is 1. The molecule has 170 valence electrons. The van der Waals surface area contributed by atoms with Crippen molar-refractivity contribution in [3.05, 3.63) is 82.0 Å². The smallest absolute Gasteiger partial charge is 0.258 e. The lowest BCUT2D eigenvalue weighted by atomic mass is 10.0. The van der Waals surface area contributed by atoms with Crippen LogP contribution in [0.3, 0.4) is 0 Å². The molecule has 1 amide bonds. The van der Waals surface area contributed by atoms with Crippen LogP contribution in [0.15, 0.2) is 64.6 Å². The summed E-state index contributed by atoms with van der Waals surface area (Å²) in [6, 6.07) is 12.2. The Kier molecular flexibility index (Phi) is 6.60. The summed E-state index contributed by atoms with van der Waals surface area (Å²) < 4.78 is 13.6. The van der Waals surface area contributed by atoms with Crippen LogP contribution < -0.4 is 10.9 Å². The molecule has 3 aromatic rings. The lowest BCUT2D eigenvalue weighted by molar-refractivity contribution is 0.0503. The van der Waals surface area contributed by atoms with E-state index >= 15 is 0 Å². The van der Waals surface area contributed by atoms with Crippen LogP contribution in [0.25, 0.3) is 16.6 Å². The van der Waals surface area contributed by atoms with Gasteiger partial charge in [-0.3, -0.25) is 9.59 Å². The molecule has 1 atom stereocenters. The largest absolute Gasteiger partial charge is 0.394 e. The topological polar surface area (TPSA) is 122 Å². The molecule has 0 saturated carbocycles. The molecule has 0 spiro atoms. The first kappa shape index (κ1) is 22.3. The molecule has 33 heavy (non-hydrogen) atoms. The maximum atomic E-state index is 13.6. The van der Waals surface area contributed by atoms with Crippen LogP contribution in [0.1, 0.15) is 35.2 Å². The molecule has 1 unspecified atom stereocenters. The van der Waals surface area contributed by atoms with E-state index in [4.69, 9.17) is 5.53 Å². The first-order valence-corrected chi connectivity index (χ1v) is 10.7. The number of carbonyl (C=O) groups excluding carboxylic acids is 1. The minimum atomic E-state index is -0.445. The molecule has 9 heteroatoms. The van der Waals surface area contributed by atoms with Gasteiger partial charge in [0, 0.05) is 34.9 Å². The number of pyridine rings is 1. The molecule has 1 fully saturated rings. The number of hydrogen-bond donors (Lipinski definition) is 4. The minimum absolute atomic E-state index is 0.0455. The first-order valence-electron chi connectivity index (χ1n) is 10.7. The molecular formula is C24H24FN5O3. The molecule has 0 bridgehead atoms. The molecule has 4 rings (SSSR count). The molecule has 1 saturated heterocycles. The molecule has 2 aromatic carbocycles. The second kappa shape index (κ2) is 9.74. The van der Waals surface area contributed by atoms with Crippen LogP contribution in [0, 0.1) is 11.3 Å². The van der Waals surface area contributed by atoms with E-state index in [2.05, 4.69) is 15.4 Å². The Morgan fingerprint density at radius 2 is 2.03 bits per heavy atom. The summed E-state index contributed by atoms with van der Waals surface area (Å²) in [5.41, 5.74) is 8.86. The highest BCUT2D eigenvalue weighted by atomic mass is 19.1. The van der Waals surface area contributed by atoms with Crippen molar-refractivity contribution in [1.82, 2.24) is 9.88 Å². The number of aliphatic hydroxyl groups is 1. The maximum absolute atomic E-state index is 13.6. The van der Waals surface area contributed by atoms with Gasteiger partial charge in [0.25, 0.3) is 11.5 Å². The van der Waals surface area contributed by atoms with Crippen LogP contribution in [0.2, 0.25) is 0 Å². The van der Waals surface area contributed by atoms with Gasteiger partial charge in [-0.2, -0.15) is 5.11 Å². The summed E-state index contributed by atoms with van der Waals surface area (Å²) in [6.07, 6.45) is 4.13. The van der Waals surface area contributed by atoms with E-state index in [9.17, 15) is 19.1 Å². The van der Waals surface area contributed by atoms with Crippen molar-refractivity contribution in [2.45, 2.75) is 25.3 Å². The van der Waals surface area contributed by atoms with Crippen molar-refractivity contribution in [3.8, 4) is 0 Å². The van der Waals surface area contributed by atoms with Gasteiger partial charge in [0.2, 0.25) is 0 Å².